The molecule has 21 heavy (non-hydrogen) atoms. The number of nitrogens with zero attached hydrogens (tertiary/aromatic N) is 2. The molecule has 0 spiro atoms. The average molecular weight is 300 g/mol. The van der Waals surface area contributed by atoms with Crippen molar-refractivity contribution in [2.24, 2.45) is 0 Å². The van der Waals surface area contributed by atoms with Crippen LogP contribution in [0.1, 0.15) is 24.7 Å². The smallest absolute Gasteiger partial charge is 0.223 e. The minimum Gasteiger partial charge on any atom is -0.503 e. The molecule has 0 aliphatic rings. The minimum atomic E-state index is -0.533. The molecule has 0 unspecified atom stereocenters. The molecule has 0 aliphatic carbocycles. The van der Waals surface area contributed by atoms with Crippen LogP contribution in [0.25, 0.3) is 0 Å². The third-order valence-electron chi connectivity index (χ3n) is 3.29. The Morgan fingerprint density at radius 3 is 2.29 bits per heavy atom. The Balaban J connectivity index is 3.23. The molecule has 7 heteroatoms. The first-order valence-electron chi connectivity index (χ1n) is 7.08. The molecule has 7 nitrogen and oxygen atoms in total. The molecular formula is C14H24N2O5. The van der Waals surface area contributed by atoms with Crippen LogP contribution in [0.2, 0.25) is 0 Å². The lowest BCUT2D eigenvalue weighted by Gasteiger charge is -2.24. The summed E-state index contributed by atoms with van der Waals surface area (Å²) in [5, 5.41) is 37.5. The Labute approximate surface area is 123 Å². The SMILES string of the molecule is CCCn1c(CO)cc(=O)c(O)c1CN(CCO)CCO. The molecule has 0 radical (unpaired) electrons. The van der Waals surface area contributed by atoms with Crippen molar-refractivity contribution < 1.29 is 20.4 Å². The van der Waals surface area contributed by atoms with Crippen LogP contribution in [0.3, 0.4) is 0 Å². The molecule has 1 aromatic rings. The van der Waals surface area contributed by atoms with Crippen LogP contribution in [0.5, 0.6) is 5.75 Å². The van der Waals surface area contributed by atoms with Gasteiger partial charge in [-0.15, -0.1) is 0 Å². The maximum Gasteiger partial charge on any atom is 0.223 e. The highest BCUT2D eigenvalue weighted by molar-refractivity contribution is 5.30. The lowest BCUT2D eigenvalue weighted by atomic mass is 10.2. The summed E-state index contributed by atoms with van der Waals surface area (Å²) >= 11 is 0. The van der Waals surface area contributed by atoms with Gasteiger partial charge in [0.2, 0.25) is 5.43 Å². The molecule has 1 aromatic heterocycles. The number of hydrogen-bond donors (Lipinski definition) is 4. The van der Waals surface area contributed by atoms with Gasteiger partial charge in [0.05, 0.1) is 25.5 Å². The zero-order valence-electron chi connectivity index (χ0n) is 12.3. The lowest BCUT2D eigenvalue weighted by molar-refractivity contribution is 0.151. The van der Waals surface area contributed by atoms with E-state index in [1.54, 1.807) is 9.47 Å². The molecule has 4 N–H and O–H groups in total. The van der Waals surface area contributed by atoms with E-state index < -0.39 is 5.43 Å². The summed E-state index contributed by atoms with van der Waals surface area (Å²) in [6, 6.07) is 1.23. The number of rotatable bonds is 9. The molecule has 0 aromatic carbocycles. The normalized spacial score (nSPS) is 11.3. The molecule has 1 heterocycles. The zero-order valence-corrected chi connectivity index (χ0v) is 12.3. The maximum absolute atomic E-state index is 11.8. The van der Waals surface area contributed by atoms with Gasteiger partial charge in [-0.1, -0.05) is 6.92 Å². The van der Waals surface area contributed by atoms with E-state index in [4.69, 9.17) is 10.2 Å². The minimum absolute atomic E-state index is 0.0849. The third-order valence-corrected chi connectivity index (χ3v) is 3.29. The predicted molar refractivity (Wildman–Crippen MR) is 78.0 cm³/mol. The van der Waals surface area contributed by atoms with Gasteiger partial charge >= 0.3 is 0 Å². The van der Waals surface area contributed by atoms with E-state index in [0.29, 0.717) is 31.0 Å². The molecule has 1 rings (SSSR count). The van der Waals surface area contributed by atoms with E-state index in [2.05, 4.69) is 0 Å². The Morgan fingerprint density at radius 1 is 1.19 bits per heavy atom. The standard InChI is InChI=1S/C14H24N2O5/c1-2-3-16-11(10-19)8-13(20)14(21)12(16)9-15(4-6-17)5-7-18/h8,17-19,21H,2-7,9-10H2,1H3. The van der Waals surface area contributed by atoms with Crippen LogP contribution in [0.4, 0.5) is 0 Å². The zero-order chi connectivity index (χ0) is 15.8. The second-order valence-electron chi connectivity index (χ2n) is 4.83. The van der Waals surface area contributed by atoms with Crippen LogP contribution in [0.15, 0.2) is 10.9 Å². The second-order valence-corrected chi connectivity index (χ2v) is 4.83. The number of aromatic hydroxyl groups is 1. The Hall–Kier alpha value is -1.41. The number of aromatic nitrogens is 1. The highest BCUT2D eigenvalue weighted by Crippen LogP contribution is 2.18. The number of pyridine rings is 1. The van der Waals surface area contributed by atoms with Crippen molar-refractivity contribution in [1.82, 2.24) is 9.47 Å². The first-order chi connectivity index (χ1) is 10.1. The highest BCUT2D eigenvalue weighted by Gasteiger charge is 2.17. The van der Waals surface area contributed by atoms with E-state index in [1.807, 2.05) is 6.92 Å². The van der Waals surface area contributed by atoms with Gasteiger partial charge in [-0.3, -0.25) is 9.69 Å². The highest BCUT2D eigenvalue weighted by atomic mass is 16.3. The summed E-state index contributed by atoms with van der Waals surface area (Å²) in [7, 11) is 0. The molecule has 0 fully saturated rings. The van der Waals surface area contributed by atoms with Gasteiger partial charge in [0.25, 0.3) is 0 Å². The Bertz CT molecular complexity index is 495. The Morgan fingerprint density at radius 2 is 1.81 bits per heavy atom. The first-order valence-corrected chi connectivity index (χ1v) is 7.08. The predicted octanol–water partition coefficient (Wildman–Crippen LogP) is -0.757. The molecule has 0 bridgehead atoms. The van der Waals surface area contributed by atoms with E-state index in [0.717, 1.165) is 6.42 Å². The molecule has 0 saturated carbocycles. The van der Waals surface area contributed by atoms with E-state index in [-0.39, 0.29) is 32.1 Å². The van der Waals surface area contributed by atoms with Crippen LogP contribution < -0.4 is 5.43 Å². The van der Waals surface area contributed by atoms with Gasteiger partial charge < -0.3 is 25.0 Å². The topological polar surface area (TPSA) is 106 Å². The van der Waals surface area contributed by atoms with Crippen LogP contribution in [-0.2, 0) is 19.7 Å². The van der Waals surface area contributed by atoms with E-state index in [1.165, 1.54) is 6.07 Å². The van der Waals surface area contributed by atoms with Crippen LogP contribution in [-0.4, -0.2) is 56.2 Å². The number of hydrogen-bond acceptors (Lipinski definition) is 6. The first kappa shape index (κ1) is 17.6. The van der Waals surface area contributed by atoms with Gasteiger partial charge in [-0.2, -0.15) is 0 Å². The van der Waals surface area contributed by atoms with Crippen molar-refractivity contribution in [2.75, 3.05) is 26.3 Å². The molecule has 0 aliphatic heterocycles. The van der Waals surface area contributed by atoms with Crippen LogP contribution >= 0.6 is 0 Å². The van der Waals surface area contributed by atoms with E-state index >= 15 is 0 Å². The largest absolute Gasteiger partial charge is 0.503 e. The maximum atomic E-state index is 11.8. The molecule has 0 atom stereocenters. The Kier molecular flexibility index (Phi) is 7.38. The summed E-state index contributed by atoms with van der Waals surface area (Å²) < 4.78 is 1.72. The van der Waals surface area contributed by atoms with Gasteiger partial charge in [0, 0.05) is 37.9 Å². The van der Waals surface area contributed by atoms with Crippen molar-refractivity contribution in [1.29, 1.82) is 0 Å². The second kappa shape index (κ2) is 8.78. The van der Waals surface area contributed by atoms with Crippen molar-refractivity contribution in [3.8, 4) is 5.75 Å². The van der Waals surface area contributed by atoms with Gasteiger partial charge in [0.15, 0.2) is 5.75 Å². The summed E-state index contributed by atoms with van der Waals surface area (Å²) in [5.74, 6) is -0.346. The quantitative estimate of drug-likeness (QED) is 0.478. The average Bonchev–Trinajstić information content (AvgIpc) is 2.47. The van der Waals surface area contributed by atoms with Crippen molar-refractivity contribution in [2.45, 2.75) is 33.0 Å². The van der Waals surface area contributed by atoms with Crippen LogP contribution in [0, 0.1) is 0 Å². The molecular weight excluding hydrogens is 276 g/mol. The number of aliphatic hydroxyl groups is 3. The summed E-state index contributed by atoms with van der Waals surface area (Å²) in [6.45, 7) is 2.92. The third kappa shape index (κ3) is 4.53. The van der Waals surface area contributed by atoms with Crippen molar-refractivity contribution in [3.05, 3.63) is 27.7 Å². The molecule has 0 saturated heterocycles. The fraction of sp³-hybridized carbons (Fsp3) is 0.643. The number of aliphatic hydroxyl groups excluding tert-OH is 3. The van der Waals surface area contributed by atoms with Gasteiger partial charge in [0.1, 0.15) is 0 Å². The summed E-state index contributed by atoms with van der Waals surface area (Å²) in [4.78, 5) is 13.5. The van der Waals surface area contributed by atoms with Gasteiger partial charge in [-0.05, 0) is 6.42 Å². The van der Waals surface area contributed by atoms with Crippen molar-refractivity contribution in [3.63, 3.8) is 0 Å². The molecule has 120 valence electrons. The van der Waals surface area contributed by atoms with Crippen molar-refractivity contribution >= 4 is 0 Å². The fourth-order valence-corrected chi connectivity index (χ4v) is 2.30. The lowest BCUT2D eigenvalue weighted by Crippen LogP contribution is -2.32. The summed E-state index contributed by atoms with van der Waals surface area (Å²) in [6.07, 6.45) is 0.780. The fourth-order valence-electron chi connectivity index (χ4n) is 2.30. The summed E-state index contributed by atoms with van der Waals surface area (Å²) in [5.41, 5.74) is 0.312. The molecule has 0 amide bonds. The van der Waals surface area contributed by atoms with E-state index in [9.17, 15) is 15.0 Å². The van der Waals surface area contributed by atoms with Gasteiger partial charge in [-0.25, -0.2) is 0 Å². The monoisotopic (exact) mass is 300 g/mol.